The van der Waals surface area contributed by atoms with E-state index in [1.165, 1.54) is 0 Å². The number of rotatable bonds is 0. The minimum atomic E-state index is -0.116. The van der Waals surface area contributed by atoms with Gasteiger partial charge in [-0.15, -0.1) is 0 Å². The van der Waals surface area contributed by atoms with Crippen molar-refractivity contribution in [2.75, 3.05) is 0 Å². The first-order chi connectivity index (χ1) is 6.12. The molecule has 0 aromatic rings. The average molecular weight is 256 g/mol. The first kappa shape index (κ1) is 16.4. The van der Waals surface area contributed by atoms with Crippen LogP contribution >= 0.6 is 0 Å². The van der Waals surface area contributed by atoms with Gasteiger partial charge >= 0.3 is 28.4 Å². The van der Waals surface area contributed by atoms with Gasteiger partial charge in [0.15, 0.2) is 0 Å². The van der Waals surface area contributed by atoms with Crippen LogP contribution in [0.4, 0.5) is 0 Å². The predicted octanol–water partition coefficient (Wildman–Crippen LogP) is 3.34. The van der Waals surface area contributed by atoms with E-state index in [-0.39, 0.29) is 11.1 Å². The Balaban J connectivity index is 0. The van der Waals surface area contributed by atoms with Crippen molar-refractivity contribution in [3.05, 3.63) is 0 Å². The number of hydrogen-bond donors (Lipinski definition) is 0. The maximum atomic E-state index is 4.00. The molecule has 0 rings (SSSR count). The molecule has 0 fully saturated rings. The van der Waals surface area contributed by atoms with Crippen molar-refractivity contribution in [2.45, 2.75) is 63.6 Å². The zero-order valence-corrected chi connectivity index (χ0v) is 13.3. The molecule has 81 valence electrons. The number of hydrogen-bond acceptors (Lipinski definition) is 2. The zero-order valence-electron chi connectivity index (χ0n) is 10.9. The molecule has 0 atom stereocenters. The molecule has 0 unspecified atom stereocenters. The van der Waals surface area contributed by atoms with Gasteiger partial charge in [-0.05, 0) is 41.5 Å². The van der Waals surface area contributed by atoms with Crippen LogP contribution in [0.15, 0.2) is 10.2 Å². The normalized spacial score (nSPS) is 10.6. The van der Waals surface area contributed by atoms with E-state index in [1.54, 1.807) is 0 Å². The summed E-state index contributed by atoms with van der Waals surface area (Å²) in [6.45, 7) is 12.0. The van der Waals surface area contributed by atoms with Crippen molar-refractivity contribution < 1.29 is 0 Å². The first-order valence-electron chi connectivity index (χ1n) is 5.00. The van der Waals surface area contributed by atoms with E-state index in [0.717, 1.165) is 0 Å². The molecule has 0 aliphatic carbocycles. The summed E-state index contributed by atoms with van der Waals surface area (Å²) in [4.78, 5) is 3.76. The summed E-state index contributed by atoms with van der Waals surface area (Å²) in [6.07, 6.45) is 0. The van der Waals surface area contributed by atoms with Crippen molar-refractivity contribution in [2.24, 2.45) is 10.2 Å². The van der Waals surface area contributed by atoms with Crippen LogP contribution in [0.3, 0.4) is 0 Å². The number of nitrogens with zero attached hydrogens (tertiary/aromatic N) is 3. The average Bonchev–Trinajstić information content (AvgIpc) is 1.81. The topological polar surface area (TPSA) is 38.8 Å². The molecule has 0 bridgehead atoms. The van der Waals surface area contributed by atoms with Crippen LogP contribution < -0.4 is 4.91 Å². The monoisotopic (exact) mass is 255 g/mol. The van der Waals surface area contributed by atoms with Gasteiger partial charge in [0, 0.05) is 0 Å². The Morgan fingerprint density at radius 2 is 1.00 bits per heavy atom. The molecule has 14 heavy (non-hydrogen) atoms. The zero-order chi connectivity index (χ0) is 11.8. The van der Waals surface area contributed by atoms with Gasteiger partial charge in [0.05, 0.1) is 0 Å². The second-order valence-corrected chi connectivity index (χ2v) is 7.63. The van der Waals surface area contributed by atoms with Crippen LogP contribution in [-0.4, -0.2) is 28.5 Å². The molecule has 0 saturated carbocycles. The van der Waals surface area contributed by atoms with Crippen LogP contribution in [0.1, 0.15) is 41.5 Å². The molecule has 0 aromatic heterocycles. The second kappa shape index (κ2) is 7.27. The Morgan fingerprint density at radius 1 is 0.786 bits per heavy atom. The summed E-state index contributed by atoms with van der Waals surface area (Å²) in [6, 6.07) is 0. The van der Waals surface area contributed by atoms with E-state index in [2.05, 4.69) is 26.1 Å². The van der Waals surface area contributed by atoms with Crippen LogP contribution in [-0.2, 0) is 0 Å². The van der Waals surface area contributed by atoms with Gasteiger partial charge in [0.1, 0.15) is 21.3 Å². The fourth-order valence-corrected chi connectivity index (χ4v) is 0.291. The van der Waals surface area contributed by atoms with Crippen LogP contribution in [0, 0.1) is 0 Å². The summed E-state index contributed by atoms with van der Waals surface area (Å²) in [5.41, 5.74) is 4.33. The summed E-state index contributed by atoms with van der Waals surface area (Å²) in [5.74, 6) is 0. The molecular weight excluding hydrogens is 232 g/mol. The molecule has 1 radical (unpaired) electrons. The van der Waals surface area contributed by atoms with Gasteiger partial charge in [-0.2, -0.15) is 0 Å². The molecule has 0 amide bonds. The first-order valence-corrected chi connectivity index (χ1v) is 9.85. The standard InChI is InChI=1S/C8H18N3.2CH3.Ga/c1-7(2,3)9-11-10-8(4,5)6;;;/h1-6H3;2*1H3;/q+1;;;. The van der Waals surface area contributed by atoms with Crippen molar-refractivity contribution in [3.63, 3.8) is 0 Å². The Morgan fingerprint density at radius 3 is 1.14 bits per heavy atom. The van der Waals surface area contributed by atoms with Crippen LogP contribution in [0.2, 0.25) is 11.0 Å². The Bertz CT molecular complexity index is 174. The van der Waals surface area contributed by atoms with E-state index in [1.807, 2.05) is 41.5 Å². The van der Waals surface area contributed by atoms with E-state index >= 15 is 0 Å². The van der Waals surface area contributed by atoms with Gasteiger partial charge in [-0.25, -0.2) is 0 Å². The van der Waals surface area contributed by atoms with Crippen molar-refractivity contribution in [1.82, 2.24) is 4.91 Å². The Labute approximate surface area is 96.3 Å². The van der Waals surface area contributed by atoms with Crippen molar-refractivity contribution >= 4 is 17.4 Å². The van der Waals surface area contributed by atoms with Gasteiger partial charge in [0.2, 0.25) is 4.91 Å². The third kappa shape index (κ3) is 22.7. The molecule has 0 aliphatic heterocycles. The fraction of sp³-hybridized carbons (Fsp3) is 1.00. The molecular formula is C10H24GaN3+. The van der Waals surface area contributed by atoms with E-state index < -0.39 is 0 Å². The Kier molecular flexibility index (Phi) is 8.50. The molecule has 0 aliphatic rings. The minimum absolute atomic E-state index is 0.116. The fourth-order valence-electron chi connectivity index (χ4n) is 0.291. The van der Waals surface area contributed by atoms with E-state index in [0.29, 0.717) is 17.4 Å². The quantitative estimate of drug-likeness (QED) is 0.362. The SMILES string of the molecule is CC(C)(C)N=[N+]=NC(C)(C)C.[CH3][Ga][CH3]. The molecule has 0 N–H and O–H groups in total. The van der Waals surface area contributed by atoms with Crippen molar-refractivity contribution in [1.29, 1.82) is 0 Å². The molecule has 4 heteroatoms. The van der Waals surface area contributed by atoms with E-state index in [4.69, 9.17) is 0 Å². The second-order valence-electron chi connectivity index (χ2n) is 5.21. The van der Waals surface area contributed by atoms with Crippen LogP contribution in [0.25, 0.3) is 0 Å². The third-order valence-corrected chi connectivity index (χ3v) is 0.689. The maximum absolute atomic E-state index is 4.00. The Hall–Kier alpha value is -0.0536. The van der Waals surface area contributed by atoms with E-state index in [9.17, 15) is 0 Å². The molecule has 0 heterocycles. The summed E-state index contributed by atoms with van der Waals surface area (Å²) >= 11 is 0.312. The molecule has 0 spiro atoms. The molecule has 0 aromatic carbocycles. The van der Waals surface area contributed by atoms with Gasteiger partial charge in [0.25, 0.3) is 0 Å². The third-order valence-electron chi connectivity index (χ3n) is 0.689. The molecule has 0 saturated heterocycles. The summed E-state index contributed by atoms with van der Waals surface area (Å²) < 4.78 is 0. The predicted molar refractivity (Wildman–Crippen MR) is 64.0 cm³/mol. The summed E-state index contributed by atoms with van der Waals surface area (Å²) in [5, 5.41) is 8.00. The van der Waals surface area contributed by atoms with Gasteiger partial charge < -0.3 is 0 Å². The van der Waals surface area contributed by atoms with Crippen molar-refractivity contribution in [3.8, 4) is 0 Å². The van der Waals surface area contributed by atoms with Crippen LogP contribution in [0.5, 0.6) is 0 Å². The molecule has 3 nitrogen and oxygen atoms in total. The van der Waals surface area contributed by atoms with Gasteiger partial charge in [-0.3, -0.25) is 0 Å². The summed E-state index contributed by atoms with van der Waals surface area (Å²) in [7, 11) is 0. The van der Waals surface area contributed by atoms with Gasteiger partial charge in [-0.1, -0.05) is 0 Å².